The average molecular weight is 229 g/mol. The van der Waals surface area contributed by atoms with Gasteiger partial charge in [0, 0.05) is 11.1 Å². The van der Waals surface area contributed by atoms with Crippen molar-refractivity contribution in [2.24, 2.45) is 0 Å². The summed E-state index contributed by atoms with van der Waals surface area (Å²) in [6.45, 7) is 5.57. The minimum absolute atomic E-state index is 0.713. The number of benzene rings is 1. The molecule has 0 aliphatic heterocycles. The van der Waals surface area contributed by atoms with E-state index in [0.717, 1.165) is 11.1 Å². The molecule has 0 saturated carbocycles. The molecule has 0 aliphatic carbocycles. The molecule has 0 aromatic heterocycles. The first-order valence-corrected chi connectivity index (χ1v) is 4.86. The zero-order chi connectivity index (χ0) is 8.97. The fourth-order valence-electron chi connectivity index (χ4n) is 1.02. The summed E-state index contributed by atoms with van der Waals surface area (Å²) in [4.78, 5) is 0. The van der Waals surface area contributed by atoms with Gasteiger partial charge < -0.3 is 4.74 Å². The van der Waals surface area contributed by atoms with E-state index >= 15 is 0 Å². The summed E-state index contributed by atoms with van der Waals surface area (Å²) >= 11 is 3.46. The topological polar surface area (TPSA) is 9.23 Å². The van der Waals surface area contributed by atoms with Gasteiger partial charge in [-0.25, -0.2) is 0 Å². The van der Waals surface area contributed by atoms with Gasteiger partial charge in [0.25, 0.3) is 0 Å². The molecule has 1 aromatic carbocycles. The quantitative estimate of drug-likeness (QED) is 0.772. The SMILES string of the molecule is CCOCc1ccc(Br)c(C)c1. The van der Waals surface area contributed by atoms with Crippen LogP contribution in [0.4, 0.5) is 0 Å². The predicted octanol–water partition coefficient (Wildman–Crippen LogP) is 3.29. The Morgan fingerprint density at radius 3 is 2.75 bits per heavy atom. The van der Waals surface area contributed by atoms with E-state index < -0.39 is 0 Å². The van der Waals surface area contributed by atoms with E-state index in [1.54, 1.807) is 0 Å². The second-order valence-corrected chi connectivity index (χ2v) is 3.58. The Labute approximate surface area is 81.9 Å². The second kappa shape index (κ2) is 4.63. The fourth-order valence-corrected chi connectivity index (χ4v) is 1.26. The van der Waals surface area contributed by atoms with Crippen LogP contribution in [0.5, 0.6) is 0 Å². The maximum atomic E-state index is 5.30. The van der Waals surface area contributed by atoms with Crippen LogP contribution in [-0.4, -0.2) is 6.61 Å². The molecule has 0 aliphatic rings. The first kappa shape index (κ1) is 9.75. The molecule has 0 radical (unpaired) electrons. The van der Waals surface area contributed by atoms with Crippen LogP contribution in [-0.2, 0) is 11.3 Å². The second-order valence-electron chi connectivity index (χ2n) is 2.72. The van der Waals surface area contributed by atoms with Crippen LogP contribution in [0.25, 0.3) is 0 Å². The average Bonchev–Trinajstić information content (AvgIpc) is 2.07. The molecule has 66 valence electrons. The van der Waals surface area contributed by atoms with Crippen LogP contribution in [0.15, 0.2) is 22.7 Å². The predicted molar refractivity (Wildman–Crippen MR) is 54.2 cm³/mol. The third kappa shape index (κ3) is 2.61. The molecule has 0 bridgehead atoms. The van der Waals surface area contributed by atoms with Crippen LogP contribution >= 0.6 is 15.9 Å². The zero-order valence-corrected chi connectivity index (χ0v) is 9.02. The summed E-state index contributed by atoms with van der Waals surface area (Å²) in [6, 6.07) is 6.27. The lowest BCUT2D eigenvalue weighted by Gasteiger charge is -2.03. The molecule has 0 amide bonds. The number of halogens is 1. The Hall–Kier alpha value is -0.340. The van der Waals surface area contributed by atoms with E-state index in [2.05, 4.69) is 41.1 Å². The van der Waals surface area contributed by atoms with Gasteiger partial charge in [-0.05, 0) is 31.0 Å². The number of hydrogen-bond acceptors (Lipinski definition) is 1. The summed E-state index contributed by atoms with van der Waals surface area (Å²) in [5.74, 6) is 0. The summed E-state index contributed by atoms with van der Waals surface area (Å²) in [5, 5.41) is 0. The van der Waals surface area contributed by atoms with Gasteiger partial charge in [-0.2, -0.15) is 0 Å². The maximum absolute atomic E-state index is 5.30. The molecular formula is C10H13BrO. The van der Waals surface area contributed by atoms with Crippen molar-refractivity contribution < 1.29 is 4.74 Å². The highest BCUT2D eigenvalue weighted by Gasteiger charge is 1.96. The van der Waals surface area contributed by atoms with Gasteiger partial charge in [0.15, 0.2) is 0 Å². The van der Waals surface area contributed by atoms with Crippen molar-refractivity contribution in [1.82, 2.24) is 0 Å². The Balaban J connectivity index is 2.69. The highest BCUT2D eigenvalue weighted by atomic mass is 79.9. The normalized spacial score (nSPS) is 10.2. The lowest BCUT2D eigenvalue weighted by molar-refractivity contribution is 0.134. The minimum Gasteiger partial charge on any atom is -0.377 e. The van der Waals surface area contributed by atoms with Gasteiger partial charge in [0.1, 0.15) is 0 Å². The zero-order valence-electron chi connectivity index (χ0n) is 7.43. The molecule has 1 aromatic rings. The summed E-state index contributed by atoms with van der Waals surface area (Å²) in [6.07, 6.45) is 0. The van der Waals surface area contributed by atoms with Crippen LogP contribution in [0.3, 0.4) is 0 Å². The lowest BCUT2D eigenvalue weighted by Crippen LogP contribution is -1.92. The summed E-state index contributed by atoms with van der Waals surface area (Å²) < 4.78 is 6.45. The molecule has 0 saturated heterocycles. The van der Waals surface area contributed by atoms with Crippen LogP contribution in [0, 0.1) is 6.92 Å². The Morgan fingerprint density at radius 1 is 1.42 bits per heavy atom. The highest BCUT2D eigenvalue weighted by Crippen LogP contribution is 2.17. The molecule has 0 N–H and O–H groups in total. The number of aryl methyl sites for hydroxylation is 1. The Bertz CT molecular complexity index is 258. The van der Waals surface area contributed by atoms with Crippen LogP contribution in [0.1, 0.15) is 18.1 Å². The Morgan fingerprint density at radius 2 is 2.17 bits per heavy atom. The van der Waals surface area contributed by atoms with Crippen molar-refractivity contribution in [2.75, 3.05) is 6.61 Å². The molecule has 0 fully saturated rings. The molecule has 0 spiro atoms. The van der Waals surface area contributed by atoms with Crippen molar-refractivity contribution in [2.45, 2.75) is 20.5 Å². The highest BCUT2D eigenvalue weighted by molar-refractivity contribution is 9.10. The molecule has 0 unspecified atom stereocenters. The number of hydrogen-bond donors (Lipinski definition) is 0. The van der Waals surface area contributed by atoms with E-state index in [0.29, 0.717) is 6.61 Å². The first-order valence-electron chi connectivity index (χ1n) is 4.07. The van der Waals surface area contributed by atoms with Gasteiger partial charge >= 0.3 is 0 Å². The van der Waals surface area contributed by atoms with Crippen molar-refractivity contribution in [1.29, 1.82) is 0 Å². The molecule has 1 rings (SSSR count). The summed E-state index contributed by atoms with van der Waals surface area (Å²) in [5.41, 5.74) is 2.49. The minimum atomic E-state index is 0.713. The van der Waals surface area contributed by atoms with E-state index in [9.17, 15) is 0 Å². The maximum Gasteiger partial charge on any atom is 0.0716 e. The third-order valence-corrected chi connectivity index (χ3v) is 2.58. The van der Waals surface area contributed by atoms with Crippen molar-refractivity contribution in [3.8, 4) is 0 Å². The van der Waals surface area contributed by atoms with Crippen molar-refractivity contribution in [3.63, 3.8) is 0 Å². The smallest absolute Gasteiger partial charge is 0.0716 e. The largest absolute Gasteiger partial charge is 0.377 e. The molecule has 12 heavy (non-hydrogen) atoms. The fraction of sp³-hybridized carbons (Fsp3) is 0.400. The van der Waals surface area contributed by atoms with E-state index in [1.807, 2.05) is 6.92 Å². The van der Waals surface area contributed by atoms with Gasteiger partial charge in [0.05, 0.1) is 6.61 Å². The molecule has 0 atom stereocenters. The molecule has 0 heterocycles. The number of rotatable bonds is 3. The lowest BCUT2D eigenvalue weighted by atomic mass is 10.1. The van der Waals surface area contributed by atoms with E-state index in [4.69, 9.17) is 4.74 Å². The van der Waals surface area contributed by atoms with E-state index in [1.165, 1.54) is 11.1 Å². The number of ether oxygens (including phenoxy) is 1. The van der Waals surface area contributed by atoms with E-state index in [-0.39, 0.29) is 0 Å². The summed E-state index contributed by atoms with van der Waals surface area (Å²) in [7, 11) is 0. The van der Waals surface area contributed by atoms with Gasteiger partial charge in [-0.3, -0.25) is 0 Å². The van der Waals surface area contributed by atoms with Gasteiger partial charge in [-0.15, -0.1) is 0 Å². The standard InChI is InChI=1S/C10H13BrO/c1-3-12-7-9-4-5-10(11)8(2)6-9/h4-6H,3,7H2,1-2H3. The third-order valence-electron chi connectivity index (χ3n) is 1.70. The molecular weight excluding hydrogens is 216 g/mol. The first-order chi connectivity index (χ1) is 5.74. The molecule has 2 heteroatoms. The van der Waals surface area contributed by atoms with Crippen molar-refractivity contribution >= 4 is 15.9 Å². The van der Waals surface area contributed by atoms with Gasteiger partial charge in [-0.1, -0.05) is 28.1 Å². The molecule has 1 nitrogen and oxygen atoms in total. The Kier molecular flexibility index (Phi) is 3.76. The van der Waals surface area contributed by atoms with Crippen LogP contribution in [0.2, 0.25) is 0 Å². The van der Waals surface area contributed by atoms with Gasteiger partial charge in [0.2, 0.25) is 0 Å². The van der Waals surface area contributed by atoms with Crippen LogP contribution < -0.4 is 0 Å². The monoisotopic (exact) mass is 228 g/mol. The van der Waals surface area contributed by atoms with Crippen molar-refractivity contribution in [3.05, 3.63) is 33.8 Å².